The van der Waals surface area contributed by atoms with Crippen molar-refractivity contribution in [2.45, 2.75) is 44.2 Å². The third-order valence-electron chi connectivity index (χ3n) is 5.75. The maximum Gasteiger partial charge on any atom is 0.246 e. The standard InChI is InChI=1S/C22H28N4O4S/c1-16-21(17(2)30-23-16)15-25-11-13-26(14-12-25)22(27)10-5-18-3-8-20(9-4-18)31(28,29)24-19-6-7-19/h3-5,8-10,19,24H,6-7,11-15H2,1-2H3/b10-5+. The number of benzene rings is 1. The minimum absolute atomic E-state index is 0.0379. The molecule has 1 saturated carbocycles. The zero-order chi connectivity index (χ0) is 22.0. The molecule has 1 aromatic heterocycles. The Morgan fingerprint density at radius 2 is 1.84 bits per heavy atom. The average Bonchev–Trinajstić information content (AvgIpc) is 3.52. The smallest absolute Gasteiger partial charge is 0.246 e. The van der Waals surface area contributed by atoms with Crippen molar-refractivity contribution < 1.29 is 17.7 Å². The second-order valence-corrected chi connectivity index (χ2v) is 9.92. The topological polar surface area (TPSA) is 95.8 Å². The molecule has 2 aromatic rings. The SMILES string of the molecule is Cc1noc(C)c1CN1CCN(C(=O)/C=C/c2ccc(S(=O)(=O)NC3CC3)cc2)CC1. The Labute approximate surface area is 182 Å². The van der Waals surface area contributed by atoms with Gasteiger partial charge in [-0.1, -0.05) is 17.3 Å². The zero-order valence-corrected chi connectivity index (χ0v) is 18.7. The summed E-state index contributed by atoms with van der Waals surface area (Å²) in [5.74, 6) is 0.810. The lowest BCUT2D eigenvalue weighted by molar-refractivity contribution is -0.127. The summed E-state index contributed by atoms with van der Waals surface area (Å²) in [5.41, 5.74) is 2.83. The van der Waals surface area contributed by atoms with E-state index in [0.29, 0.717) is 13.1 Å². The first-order valence-corrected chi connectivity index (χ1v) is 12.0. The summed E-state index contributed by atoms with van der Waals surface area (Å²) in [4.78, 5) is 16.9. The molecule has 0 unspecified atom stereocenters. The number of carbonyl (C=O) groups is 1. The molecular weight excluding hydrogens is 416 g/mol. The van der Waals surface area contributed by atoms with E-state index in [0.717, 1.165) is 55.1 Å². The number of aromatic nitrogens is 1. The third-order valence-corrected chi connectivity index (χ3v) is 7.29. The molecule has 166 valence electrons. The van der Waals surface area contributed by atoms with E-state index in [2.05, 4.69) is 14.8 Å². The molecule has 0 radical (unpaired) electrons. The Balaban J connectivity index is 1.28. The number of sulfonamides is 1. The van der Waals surface area contributed by atoms with Crippen molar-refractivity contribution in [3.63, 3.8) is 0 Å². The van der Waals surface area contributed by atoms with Gasteiger partial charge in [-0.3, -0.25) is 9.69 Å². The lowest BCUT2D eigenvalue weighted by Crippen LogP contribution is -2.47. The normalized spacial score (nSPS) is 18.1. The molecule has 8 nitrogen and oxygen atoms in total. The molecule has 9 heteroatoms. The fourth-order valence-corrected chi connectivity index (χ4v) is 4.90. The molecule has 0 spiro atoms. The van der Waals surface area contributed by atoms with Gasteiger partial charge in [-0.2, -0.15) is 0 Å². The van der Waals surface area contributed by atoms with Crippen LogP contribution in [0, 0.1) is 13.8 Å². The number of hydrogen-bond acceptors (Lipinski definition) is 6. The van der Waals surface area contributed by atoms with Gasteiger partial charge in [0.05, 0.1) is 10.6 Å². The largest absolute Gasteiger partial charge is 0.361 e. The quantitative estimate of drug-likeness (QED) is 0.657. The number of hydrogen-bond donors (Lipinski definition) is 1. The third kappa shape index (κ3) is 5.41. The minimum atomic E-state index is -3.46. The highest BCUT2D eigenvalue weighted by atomic mass is 32.2. The molecule has 1 aliphatic carbocycles. The molecule has 1 saturated heterocycles. The first kappa shape index (κ1) is 21.7. The van der Waals surface area contributed by atoms with E-state index < -0.39 is 10.0 Å². The van der Waals surface area contributed by atoms with Crippen molar-refractivity contribution in [2.24, 2.45) is 0 Å². The van der Waals surface area contributed by atoms with E-state index in [9.17, 15) is 13.2 Å². The Kier molecular flexibility index (Phi) is 6.27. The van der Waals surface area contributed by atoms with Crippen LogP contribution < -0.4 is 4.72 Å². The molecule has 0 bridgehead atoms. The summed E-state index contributed by atoms with van der Waals surface area (Å²) in [7, 11) is -3.46. The van der Waals surface area contributed by atoms with Gasteiger partial charge >= 0.3 is 0 Å². The van der Waals surface area contributed by atoms with Crippen molar-refractivity contribution in [1.82, 2.24) is 19.7 Å². The second kappa shape index (κ2) is 8.94. The number of nitrogens with zero attached hydrogens (tertiary/aromatic N) is 3. The second-order valence-electron chi connectivity index (χ2n) is 8.20. The number of carbonyl (C=O) groups excluding carboxylic acids is 1. The monoisotopic (exact) mass is 444 g/mol. The van der Waals surface area contributed by atoms with Gasteiger partial charge in [0.25, 0.3) is 0 Å². The van der Waals surface area contributed by atoms with Gasteiger partial charge < -0.3 is 9.42 Å². The van der Waals surface area contributed by atoms with Gasteiger partial charge in [0.2, 0.25) is 15.9 Å². The van der Waals surface area contributed by atoms with Crippen LogP contribution in [0.25, 0.3) is 6.08 Å². The summed E-state index contributed by atoms with van der Waals surface area (Å²) in [5, 5.41) is 4.00. The van der Waals surface area contributed by atoms with Gasteiger partial charge in [0.1, 0.15) is 5.76 Å². The summed E-state index contributed by atoms with van der Waals surface area (Å²) >= 11 is 0. The molecule has 2 heterocycles. The van der Waals surface area contributed by atoms with Crippen LogP contribution in [0.15, 0.2) is 39.8 Å². The Bertz CT molecular complexity index is 1040. The number of rotatable bonds is 7. The first-order valence-electron chi connectivity index (χ1n) is 10.6. The van der Waals surface area contributed by atoms with Crippen molar-refractivity contribution >= 4 is 22.0 Å². The molecule has 31 heavy (non-hydrogen) atoms. The molecule has 0 atom stereocenters. The predicted octanol–water partition coefficient (Wildman–Crippen LogP) is 2.09. The summed E-state index contributed by atoms with van der Waals surface area (Å²) in [6.45, 7) is 7.57. The summed E-state index contributed by atoms with van der Waals surface area (Å²) in [6.07, 6.45) is 5.08. The molecule has 1 N–H and O–H groups in total. The highest BCUT2D eigenvalue weighted by Gasteiger charge is 2.27. The van der Waals surface area contributed by atoms with Crippen LogP contribution in [0.5, 0.6) is 0 Å². The van der Waals surface area contributed by atoms with Gasteiger partial charge in [0.15, 0.2) is 0 Å². The van der Waals surface area contributed by atoms with E-state index in [4.69, 9.17) is 4.52 Å². The zero-order valence-electron chi connectivity index (χ0n) is 17.9. The highest BCUT2D eigenvalue weighted by Crippen LogP contribution is 2.22. The van der Waals surface area contributed by atoms with Crippen LogP contribution in [-0.4, -0.2) is 61.5 Å². The summed E-state index contributed by atoms with van der Waals surface area (Å²) in [6, 6.07) is 6.65. The lowest BCUT2D eigenvalue weighted by Gasteiger charge is -2.34. The van der Waals surface area contributed by atoms with Crippen molar-refractivity contribution in [1.29, 1.82) is 0 Å². The van der Waals surface area contributed by atoms with E-state index >= 15 is 0 Å². The molecule has 1 aliphatic heterocycles. The van der Waals surface area contributed by atoms with E-state index in [1.165, 1.54) is 0 Å². The number of piperazine rings is 1. The molecular formula is C22H28N4O4S. The highest BCUT2D eigenvalue weighted by molar-refractivity contribution is 7.89. The minimum Gasteiger partial charge on any atom is -0.361 e. The van der Waals surface area contributed by atoms with E-state index in [1.807, 2.05) is 18.7 Å². The lowest BCUT2D eigenvalue weighted by atomic mass is 10.1. The Hall–Kier alpha value is -2.49. The van der Waals surface area contributed by atoms with Crippen LogP contribution in [0.4, 0.5) is 0 Å². The summed E-state index contributed by atoms with van der Waals surface area (Å²) < 4.78 is 32.3. The van der Waals surface area contributed by atoms with Crippen molar-refractivity contribution in [3.8, 4) is 0 Å². The van der Waals surface area contributed by atoms with Gasteiger partial charge in [-0.05, 0) is 50.5 Å². The number of amides is 1. The molecule has 2 aliphatic rings. The Morgan fingerprint density at radius 1 is 1.16 bits per heavy atom. The fraction of sp³-hybridized carbons (Fsp3) is 0.455. The average molecular weight is 445 g/mol. The van der Waals surface area contributed by atoms with Crippen LogP contribution in [0.2, 0.25) is 0 Å². The number of nitrogens with one attached hydrogen (secondary N) is 1. The van der Waals surface area contributed by atoms with Gasteiger partial charge in [-0.25, -0.2) is 13.1 Å². The van der Waals surface area contributed by atoms with Crippen LogP contribution in [0.3, 0.4) is 0 Å². The van der Waals surface area contributed by atoms with Crippen LogP contribution >= 0.6 is 0 Å². The molecule has 1 aromatic carbocycles. The number of aryl methyl sites for hydroxylation is 2. The molecule has 2 fully saturated rings. The van der Waals surface area contributed by atoms with Crippen molar-refractivity contribution in [3.05, 3.63) is 52.9 Å². The van der Waals surface area contributed by atoms with Gasteiger partial charge in [-0.15, -0.1) is 0 Å². The molecule has 1 amide bonds. The van der Waals surface area contributed by atoms with Crippen LogP contribution in [0.1, 0.15) is 35.4 Å². The van der Waals surface area contributed by atoms with Gasteiger partial charge in [0, 0.05) is 50.4 Å². The first-order chi connectivity index (χ1) is 14.8. The Morgan fingerprint density at radius 3 is 2.42 bits per heavy atom. The molecule has 4 rings (SSSR count). The fourth-order valence-electron chi connectivity index (χ4n) is 3.60. The maximum atomic E-state index is 12.5. The van der Waals surface area contributed by atoms with Crippen LogP contribution in [-0.2, 0) is 21.4 Å². The predicted molar refractivity (Wildman–Crippen MR) is 117 cm³/mol. The van der Waals surface area contributed by atoms with E-state index in [1.54, 1.807) is 36.4 Å². The van der Waals surface area contributed by atoms with E-state index in [-0.39, 0.29) is 16.8 Å². The van der Waals surface area contributed by atoms with Crippen molar-refractivity contribution in [2.75, 3.05) is 26.2 Å². The maximum absolute atomic E-state index is 12.5.